The van der Waals surface area contributed by atoms with Crippen molar-refractivity contribution >= 4 is 11.6 Å². The van der Waals surface area contributed by atoms with Gasteiger partial charge in [0.1, 0.15) is 5.75 Å². The van der Waals surface area contributed by atoms with Gasteiger partial charge >= 0.3 is 0 Å². The fourth-order valence-corrected chi connectivity index (χ4v) is 2.09. The summed E-state index contributed by atoms with van der Waals surface area (Å²) in [4.78, 5) is 0. The van der Waals surface area contributed by atoms with E-state index in [0.29, 0.717) is 0 Å². The highest BCUT2D eigenvalue weighted by Crippen LogP contribution is 2.14. The minimum absolute atomic E-state index is 0.721. The van der Waals surface area contributed by atoms with Gasteiger partial charge in [0.05, 0.1) is 6.61 Å². The molecule has 0 fully saturated rings. The second-order valence-electron chi connectivity index (χ2n) is 4.78. The average molecular weight is 290 g/mol. The first-order chi connectivity index (χ1) is 9.75. The summed E-state index contributed by atoms with van der Waals surface area (Å²) in [7, 11) is 0. The number of rotatable bonds is 7. The zero-order valence-electron chi connectivity index (χ0n) is 11.7. The maximum absolute atomic E-state index is 6.09. The largest absolute Gasteiger partial charge is 0.494 e. The van der Waals surface area contributed by atoms with E-state index in [1.165, 1.54) is 5.56 Å². The van der Waals surface area contributed by atoms with Gasteiger partial charge in [-0.15, -0.1) is 0 Å². The molecule has 0 unspecified atom stereocenters. The van der Waals surface area contributed by atoms with Crippen molar-refractivity contribution in [3.8, 4) is 5.75 Å². The Hall–Kier alpha value is -1.51. The Bertz CT molecular complexity index is 525. The summed E-state index contributed by atoms with van der Waals surface area (Å²) in [6, 6.07) is 16.0. The molecule has 0 heterocycles. The number of halogens is 1. The second kappa shape index (κ2) is 7.93. The van der Waals surface area contributed by atoms with Gasteiger partial charge in [-0.1, -0.05) is 47.5 Å². The normalized spacial score (nSPS) is 10.5. The van der Waals surface area contributed by atoms with Crippen LogP contribution in [0.1, 0.15) is 17.5 Å². The molecule has 2 aromatic carbocycles. The van der Waals surface area contributed by atoms with Crippen LogP contribution >= 0.6 is 11.6 Å². The fraction of sp³-hybridized carbons (Fsp3) is 0.294. The summed E-state index contributed by atoms with van der Waals surface area (Å²) < 4.78 is 5.67. The van der Waals surface area contributed by atoms with Crippen molar-refractivity contribution in [3.63, 3.8) is 0 Å². The van der Waals surface area contributed by atoms with Gasteiger partial charge in [-0.25, -0.2) is 0 Å². The lowest BCUT2D eigenvalue weighted by Gasteiger charge is -2.08. The third-order valence-corrected chi connectivity index (χ3v) is 3.43. The van der Waals surface area contributed by atoms with Gasteiger partial charge < -0.3 is 10.1 Å². The molecule has 2 nitrogen and oxygen atoms in total. The van der Waals surface area contributed by atoms with Crippen molar-refractivity contribution in [1.82, 2.24) is 5.32 Å². The summed E-state index contributed by atoms with van der Waals surface area (Å²) in [5.41, 5.74) is 2.38. The molecule has 106 valence electrons. The molecule has 0 amide bonds. The fourth-order valence-electron chi connectivity index (χ4n) is 1.89. The summed E-state index contributed by atoms with van der Waals surface area (Å²) >= 11 is 6.09. The van der Waals surface area contributed by atoms with Gasteiger partial charge in [0.25, 0.3) is 0 Å². The van der Waals surface area contributed by atoms with Crippen LogP contribution in [-0.2, 0) is 6.54 Å². The van der Waals surface area contributed by atoms with Crippen LogP contribution in [0.3, 0.4) is 0 Å². The average Bonchev–Trinajstić information content (AvgIpc) is 2.46. The van der Waals surface area contributed by atoms with E-state index in [4.69, 9.17) is 16.3 Å². The van der Waals surface area contributed by atoms with E-state index in [9.17, 15) is 0 Å². The molecule has 0 aliphatic carbocycles. The van der Waals surface area contributed by atoms with Gasteiger partial charge in [0.2, 0.25) is 0 Å². The summed E-state index contributed by atoms with van der Waals surface area (Å²) in [6.45, 7) is 4.50. The molecule has 2 rings (SSSR count). The van der Waals surface area contributed by atoms with Gasteiger partial charge in [-0.05, 0) is 43.7 Å². The van der Waals surface area contributed by atoms with Gasteiger partial charge in [0, 0.05) is 11.6 Å². The van der Waals surface area contributed by atoms with Crippen molar-refractivity contribution in [2.45, 2.75) is 19.9 Å². The molecule has 0 aliphatic rings. The zero-order valence-corrected chi connectivity index (χ0v) is 12.5. The van der Waals surface area contributed by atoms with Crippen LogP contribution in [0.15, 0.2) is 48.5 Å². The van der Waals surface area contributed by atoms with Crippen molar-refractivity contribution in [2.24, 2.45) is 0 Å². The van der Waals surface area contributed by atoms with Crippen LogP contribution < -0.4 is 10.1 Å². The molecule has 20 heavy (non-hydrogen) atoms. The van der Waals surface area contributed by atoms with Gasteiger partial charge in [-0.2, -0.15) is 0 Å². The third-order valence-electron chi connectivity index (χ3n) is 3.06. The third kappa shape index (κ3) is 4.87. The molecule has 0 spiro atoms. The minimum atomic E-state index is 0.721. The summed E-state index contributed by atoms with van der Waals surface area (Å²) in [6.07, 6.45) is 0.971. The SMILES string of the molecule is Cc1ccc(OCCCNCc2ccccc2Cl)cc1. The van der Waals surface area contributed by atoms with Crippen LogP contribution in [0.5, 0.6) is 5.75 Å². The Kier molecular flexibility index (Phi) is 5.90. The minimum Gasteiger partial charge on any atom is -0.494 e. The molecule has 0 saturated heterocycles. The number of hydrogen-bond donors (Lipinski definition) is 1. The number of ether oxygens (including phenoxy) is 1. The van der Waals surface area contributed by atoms with E-state index < -0.39 is 0 Å². The number of benzene rings is 2. The van der Waals surface area contributed by atoms with E-state index in [1.807, 2.05) is 36.4 Å². The highest BCUT2D eigenvalue weighted by molar-refractivity contribution is 6.31. The van der Waals surface area contributed by atoms with Crippen molar-refractivity contribution < 1.29 is 4.74 Å². The van der Waals surface area contributed by atoms with Crippen molar-refractivity contribution in [1.29, 1.82) is 0 Å². The molecule has 0 saturated carbocycles. The zero-order chi connectivity index (χ0) is 14.2. The first kappa shape index (κ1) is 14.9. The van der Waals surface area contributed by atoms with Crippen LogP contribution in [0, 0.1) is 6.92 Å². The highest BCUT2D eigenvalue weighted by atomic mass is 35.5. The molecule has 3 heteroatoms. The first-order valence-electron chi connectivity index (χ1n) is 6.89. The van der Waals surface area contributed by atoms with Crippen molar-refractivity contribution in [3.05, 3.63) is 64.7 Å². The molecular formula is C17H20ClNO. The number of aryl methyl sites for hydroxylation is 1. The Balaban J connectivity index is 1.60. The maximum Gasteiger partial charge on any atom is 0.119 e. The second-order valence-corrected chi connectivity index (χ2v) is 5.19. The topological polar surface area (TPSA) is 21.3 Å². The standard InChI is InChI=1S/C17H20ClNO/c1-14-7-9-16(10-8-14)20-12-4-11-19-13-15-5-2-3-6-17(15)18/h2-3,5-10,19H,4,11-13H2,1H3. The lowest BCUT2D eigenvalue weighted by atomic mass is 10.2. The monoisotopic (exact) mass is 289 g/mol. The Labute approximate surface area is 125 Å². The van der Waals surface area contributed by atoms with Gasteiger partial charge in [-0.3, -0.25) is 0 Å². The van der Waals surface area contributed by atoms with Gasteiger partial charge in [0.15, 0.2) is 0 Å². The predicted octanol–water partition coefficient (Wildman–Crippen LogP) is 4.21. The molecule has 1 N–H and O–H groups in total. The van der Waals surface area contributed by atoms with E-state index in [2.05, 4.69) is 24.4 Å². The van der Waals surface area contributed by atoms with Crippen LogP contribution in [0.4, 0.5) is 0 Å². The van der Waals surface area contributed by atoms with E-state index in [-0.39, 0.29) is 0 Å². The Morgan fingerprint density at radius 3 is 2.55 bits per heavy atom. The lowest BCUT2D eigenvalue weighted by Crippen LogP contribution is -2.17. The molecule has 0 aromatic heterocycles. The predicted molar refractivity (Wildman–Crippen MR) is 84.4 cm³/mol. The van der Waals surface area contributed by atoms with Crippen molar-refractivity contribution in [2.75, 3.05) is 13.2 Å². The van der Waals surface area contributed by atoms with E-state index in [0.717, 1.165) is 42.5 Å². The number of nitrogens with one attached hydrogen (secondary N) is 1. The first-order valence-corrected chi connectivity index (χ1v) is 7.27. The molecule has 0 bridgehead atoms. The molecule has 2 aromatic rings. The van der Waals surface area contributed by atoms with Crippen LogP contribution in [0.2, 0.25) is 5.02 Å². The van der Waals surface area contributed by atoms with Crippen LogP contribution in [0.25, 0.3) is 0 Å². The molecule has 0 atom stereocenters. The Morgan fingerprint density at radius 1 is 1.05 bits per heavy atom. The summed E-state index contributed by atoms with van der Waals surface area (Å²) in [5.74, 6) is 0.932. The smallest absolute Gasteiger partial charge is 0.119 e. The number of hydrogen-bond acceptors (Lipinski definition) is 2. The highest BCUT2D eigenvalue weighted by Gasteiger charge is 1.98. The van der Waals surface area contributed by atoms with Crippen LogP contribution in [-0.4, -0.2) is 13.2 Å². The Morgan fingerprint density at radius 2 is 1.80 bits per heavy atom. The molecular weight excluding hydrogens is 270 g/mol. The quantitative estimate of drug-likeness (QED) is 0.771. The lowest BCUT2D eigenvalue weighted by molar-refractivity contribution is 0.308. The molecule has 0 radical (unpaired) electrons. The maximum atomic E-state index is 6.09. The summed E-state index contributed by atoms with van der Waals surface area (Å²) in [5, 5.41) is 4.19. The van der Waals surface area contributed by atoms with E-state index in [1.54, 1.807) is 0 Å². The van der Waals surface area contributed by atoms with E-state index >= 15 is 0 Å². The molecule has 0 aliphatic heterocycles.